The molecule has 0 aliphatic heterocycles. The van der Waals surface area contributed by atoms with Crippen molar-refractivity contribution in [3.8, 4) is 16.9 Å². The van der Waals surface area contributed by atoms with E-state index in [-0.39, 0.29) is 0 Å². The maximum Gasteiger partial charge on any atom is 0.511 e. The molecule has 0 saturated heterocycles. The van der Waals surface area contributed by atoms with Crippen molar-refractivity contribution in [2.75, 3.05) is 0 Å². The van der Waals surface area contributed by atoms with Crippen LogP contribution in [-0.4, -0.2) is 11.3 Å². The van der Waals surface area contributed by atoms with Gasteiger partial charge in [-0.3, -0.25) is 0 Å². The van der Waals surface area contributed by atoms with Crippen LogP contribution in [0.1, 0.15) is 48.6 Å². The third-order valence-corrected chi connectivity index (χ3v) is 4.78. The molecular weight excluding hydrogens is 300 g/mol. The molecule has 128 valence electrons. The van der Waals surface area contributed by atoms with E-state index in [0.29, 0.717) is 5.75 Å². The molecule has 0 atom stereocenters. The zero-order valence-corrected chi connectivity index (χ0v) is 15.2. The van der Waals surface area contributed by atoms with E-state index in [4.69, 9.17) is 9.84 Å². The average Bonchev–Trinajstić information content (AvgIpc) is 2.55. The Kier molecular flexibility index (Phi) is 5.66. The van der Waals surface area contributed by atoms with E-state index in [1.165, 1.54) is 22.3 Å². The lowest BCUT2D eigenvalue weighted by Gasteiger charge is -2.21. The number of hydrogen-bond acceptors (Lipinski definition) is 2. The van der Waals surface area contributed by atoms with Crippen molar-refractivity contribution < 1.29 is 14.6 Å². The lowest BCUT2D eigenvalue weighted by atomic mass is 9.85. The van der Waals surface area contributed by atoms with Gasteiger partial charge in [0.25, 0.3) is 0 Å². The van der Waals surface area contributed by atoms with E-state index < -0.39 is 6.16 Å². The van der Waals surface area contributed by atoms with Crippen molar-refractivity contribution in [2.45, 2.75) is 53.9 Å². The SMILES string of the molecule is CCc1c(OC(=O)O)cc(-c2cccc(C)c2C)c(CC)c1CC. The molecule has 0 aromatic heterocycles. The first-order chi connectivity index (χ1) is 11.4. The van der Waals surface area contributed by atoms with Gasteiger partial charge < -0.3 is 9.84 Å². The summed E-state index contributed by atoms with van der Waals surface area (Å²) in [5.41, 5.74) is 8.21. The molecule has 0 radical (unpaired) electrons. The Bertz CT molecular complexity index is 760. The lowest BCUT2D eigenvalue weighted by molar-refractivity contribution is 0.144. The van der Waals surface area contributed by atoms with E-state index in [9.17, 15) is 4.79 Å². The van der Waals surface area contributed by atoms with Crippen molar-refractivity contribution in [2.24, 2.45) is 0 Å². The third kappa shape index (κ3) is 3.30. The summed E-state index contributed by atoms with van der Waals surface area (Å²) in [5.74, 6) is 0.468. The predicted molar refractivity (Wildman–Crippen MR) is 98.1 cm³/mol. The van der Waals surface area contributed by atoms with Crippen LogP contribution in [0.3, 0.4) is 0 Å². The van der Waals surface area contributed by atoms with Crippen LogP contribution in [0.25, 0.3) is 11.1 Å². The maximum atomic E-state index is 11.1. The van der Waals surface area contributed by atoms with Gasteiger partial charge in [-0.2, -0.15) is 0 Å². The largest absolute Gasteiger partial charge is 0.511 e. The first-order valence-corrected chi connectivity index (χ1v) is 8.59. The molecule has 1 N–H and O–H groups in total. The minimum atomic E-state index is -1.26. The summed E-state index contributed by atoms with van der Waals surface area (Å²) in [6, 6.07) is 8.16. The van der Waals surface area contributed by atoms with Gasteiger partial charge in [-0.05, 0) is 78.1 Å². The zero-order valence-electron chi connectivity index (χ0n) is 15.2. The summed E-state index contributed by atoms with van der Waals surface area (Å²) < 4.78 is 5.13. The quantitative estimate of drug-likeness (QED) is 0.565. The molecule has 2 aromatic carbocycles. The molecule has 0 aliphatic carbocycles. The molecule has 0 bridgehead atoms. The zero-order chi connectivity index (χ0) is 17.9. The van der Waals surface area contributed by atoms with Gasteiger partial charge in [-0.1, -0.05) is 39.0 Å². The Morgan fingerprint density at radius 2 is 1.58 bits per heavy atom. The molecule has 2 aromatic rings. The average molecular weight is 326 g/mol. The smallest absolute Gasteiger partial charge is 0.449 e. The van der Waals surface area contributed by atoms with Crippen molar-refractivity contribution in [1.29, 1.82) is 0 Å². The number of aryl methyl sites for hydroxylation is 1. The third-order valence-electron chi connectivity index (χ3n) is 4.78. The number of carbonyl (C=O) groups is 1. The molecule has 0 aliphatic rings. The monoisotopic (exact) mass is 326 g/mol. The minimum Gasteiger partial charge on any atom is -0.449 e. The summed E-state index contributed by atoms with van der Waals surface area (Å²) >= 11 is 0. The van der Waals surface area contributed by atoms with Gasteiger partial charge >= 0.3 is 6.16 Å². The van der Waals surface area contributed by atoms with Crippen molar-refractivity contribution in [3.05, 3.63) is 52.1 Å². The number of benzene rings is 2. The van der Waals surface area contributed by atoms with Gasteiger partial charge in [0.05, 0.1) is 0 Å². The van der Waals surface area contributed by atoms with Crippen LogP contribution in [-0.2, 0) is 19.3 Å². The summed E-state index contributed by atoms with van der Waals surface area (Å²) in [6.45, 7) is 10.5. The van der Waals surface area contributed by atoms with Crippen LogP contribution in [0.2, 0.25) is 0 Å². The highest BCUT2D eigenvalue weighted by Crippen LogP contribution is 2.38. The fourth-order valence-corrected chi connectivity index (χ4v) is 3.49. The number of ether oxygens (including phenoxy) is 1. The molecule has 0 fully saturated rings. The molecule has 0 amide bonds. The highest BCUT2D eigenvalue weighted by molar-refractivity contribution is 5.77. The highest BCUT2D eigenvalue weighted by atomic mass is 16.7. The molecular formula is C21H26O3. The maximum absolute atomic E-state index is 11.1. The van der Waals surface area contributed by atoms with Crippen LogP contribution in [0.15, 0.2) is 24.3 Å². The highest BCUT2D eigenvalue weighted by Gasteiger charge is 2.19. The molecule has 3 nitrogen and oxygen atoms in total. The Morgan fingerprint density at radius 1 is 0.958 bits per heavy atom. The van der Waals surface area contributed by atoms with E-state index in [0.717, 1.165) is 36.0 Å². The normalized spacial score (nSPS) is 10.7. The van der Waals surface area contributed by atoms with Gasteiger partial charge in [0, 0.05) is 0 Å². The second kappa shape index (κ2) is 7.52. The van der Waals surface area contributed by atoms with Gasteiger partial charge in [0.1, 0.15) is 5.75 Å². The summed E-state index contributed by atoms with van der Waals surface area (Å²) in [5, 5.41) is 9.11. The van der Waals surface area contributed by atoms with Crippen LogP contribution in [0, 0.1) is 13.8 Å². The molecule has 3 heteroatoms. The summed E-state index contributed by atoms with van der Waals surface area (Å²) in [7, 11) is 0. The van der Waals surface area contributed by atoms with Gasteiger partial charge in [0.2, 0.25) is 0 Å². The van der Waals surface area contributed by atoms with Crippen LogP contribution < -0.4 is 4.74 Å². The van der Waals surface area contributed by atoms with Crippen molar-refractivity contribution in [1.82, 2.24) is 0 Å². The van der Waals surface area contributed by atoms with Crippen LogP contribution in [0.4, 0.5) is 4.79 Å². The summed E-state index contributed by atoms with van der Waals surface area (Å²) in [4.78, 5) is 11.1. The standard InChI is InChI=1S/C21H26O3/c1-6-15-16(7-2)19(18-11-9-10-13(4)14(18)5)12-20(17(15)8-3)24-21(22)23/h9-12H,6-8H2,1-5H3,(H,22,23). The number of rotatable bonds is 5. The Balaban J connectivity index is 2.83. The van der Waals surface area contributed by atoms with E-state index in [1.807, 2.05) is 19.1 Å². The summed E-state index contributed by atoms with van der Waals surface area (Å²) in [6.07, 6.45) is 1.27. The van der Waals surface area contributed by atoms with Crippen LogP contribution >= 0.6 is 0 Å². The fraction of sp³-hybridized carbons (Fsp3) is 0.381. The Labute approximate surface area is 144 Å². The topological polar surface area (TPSA) is 46.5 Å². The molecule has 0 saturated carbocycles. The van der Waals surface area contributed by atoms with Crippen molar-refractivity contribution >= 4 is 6.16 Å². The molecule has 2 rings (SSSR count). The fourth-order valence-electron chi connectivity index (χ4n) is 3.49. The second-order valence-electron chi connectivity index (χ2n) is 6.03. The van der Waals surface area contributed by atoms with Crippen molar-refractivity contribution in [3.63, 3.8) is 0 Å². The molecule has 24 heavy (non-hydrogen) atoms. The molecule has 0 spiro atoms. The van der Waals surface area contributed by atoms with Gasteiger partial charge in [-0.25, -0.2) is 4.79 Å². The lowest BCUT2D eigenvalue weighted by Crippen LogP contribution is -2.09. The van der Waals surface area contributed by atoms with Gasteiger partial charge in [0.15, 0.2) is 0 Å². The molecule has 0 unspecified atom stereocenters. The second-order valence-corrected chi connectivity index (χ2v) is 6.03. The van der Waals surface area contributed by atoms with E-state index in [1.54, 1.807) is 0 Å². The first-order valence-electron chi connectivity index (χ1n) is 8.59. The van der Waals surface area contributed by atoms with E-state index >= 15 is 0 Å². The predicted octanol–water partition coefficient (Wildman–Crippen LogP) is 5.71. The Morgan fingerprint density at radius 3 is 2.12 bits per heavy atom. The molecule has 0 heterocycles. The van der Waals surface area contributed by atoms with E-state index in [2.05, 4.69) is 39.8 Å². The number of hydrogen-bond donors (Lipinski definition) is 1. The first kappa shape index (κ1) is 18.1. The minimum absolute atomic E-state index is 0.468. The van der Waals surface area contributed by atoms with Crippen LogP contribution in [0.5, 0.6) is 5.75 Å². The number of carboxylic acid groups (broad SMARTS) is 1. The Hall–Kier alpha value is -2.29. The van der Waals surface area contributed by atoms with Gasteiger partial charge in [-0.15, -0.1) is 0 Å².